The SMILES string of the molecule is Cn1cc([C@@H]2CCCN2C(=O)[C@@H]2CCc3ccccc32)cn1. The maximum atomic E-state index is 13.1. The lowest BCUT2D eigenvalue weighted by molar-refractivity contribution is -0.133. The van der Waals surface area contributed by atoms with Crippen molar-refractivity contribution in [2.75, 3.05) is 6.54 Å². The molecule has 1 saturated heterocycles. The molecule has 0 unspecified atom stereocenters. The molecule has 1 amide bonds. The van der Waals surface area contributed by atoms with E-state index in [1.807, 2.05) is 30.2 Å². The minimum atomic E-state index is 0.0495. The van der Waals surface area contributed by atoms with E-state index in [1.165, 1.54) is 16.7 Å². The molecule has 0 spiro atoms. The lowest BCUT2D eigenvalue weighted by atomic mass is 9.99. The molecular formula is C18H21N3O. The second-order valence-electron chi connectivity index (χ2n) is 6.43. The fourth-order valence-corrected chi connectivity index (χ4v) is 4.00. The Morgan fingerprint density at radius 1 is 1.27 bits per heavy atom. The predicted octanol–water partition coefficient (Wildman–Crippen LogP) is 2.81. The van der Waals surface area contributed by atoms with Gasteiger partial charge in [0.05, 0.1) is 18.2 Å². The summed E-state index contributed by atoms with van der Waals surface area (Å²) in [5.41, 5.74) is 3.75. The number of hydrogen-bond donors (Lipinski definition) is 0. The normalized spacial score (nSPS) is 23.8. The number of rotatable bonds is 2. The van der Waals surface area contributed by atoms with Crippen LogP contribution < -0.4 is 0 Å². The molecule has 2 atom stereocenters. The van der Waals surface area contributed by atoms with E-state index in [0.717, 1.165) is 32.2 Å². The van der Waals surface area contributed by atoms with Gasteiger partial charge >= 0.3 is 0 Å². The molecule has 0 N–H and O–H groups in total. The molecule has 1 aromatic carbocycles. The van der Waals surface area contributed by atoms with Gasteiger partial charge in [0.2, 0.25) is 5.91 Å². The first kappa shape index (κ1) is 13.6. The second kappa shape index (κ2) is 5.27. The van der Waals surface area contributed by atoms with Crippen LogP contribution in [0.5, 0.6) is 0 Å². The summed E-state index contributed by atoms with van der Waals surface area (Å²) < 4.78 is 1.82. The molecule has 4 nitrogen and oxygen atoms in total. The molecule has 1 aliphatic heterocycles. The summed E-state index contributed by atoms with van der Waals surface area (Å²) in [4.78, 5) is 15.2. The number of carbonyl (C=O) groups excluding carboxylic acids is 1. The summed E-state index contributed by atoms with van der Waals surface area (Å²) in [5.74, 6) is 0.352. The zero-order chi connectivity index (χ0) is 15.1. The molecule has 4 heteroatoms. The summed E-state index contributed by atoms with van der Waals surface area (Å²) in [6, 6.07) is 8.60. The van der Waals surface area contributed by atoms with E-state index in [-0.39, 0.29) is 12.0 Å². The topological polar surface area (TPSA) is 38.1 Å². The highest BCUT2D eigenvalue weighted by atomic mass is 16.2. The summed E-state index contributed by atoms with van der Waals surface area (Å²) in [6.07, 6.45) is 8.05. The largest absolute Gasteiger partial charge is 0.335 e. The Kier molecular flexibility index (Phi) is 3.25. The van der Waals surface area contributed by atoms with Gasteiger partial charge in [0, 0.05) is 25.4 Å². The number of nitrogens with zero attached hydrogens (tertiary/aromatic N) is 3. The van der Waals surface area contributed by atoms with Crippen molar-refractivity contribution >= 4 is 5.91 Å². The van der Waals surface area contributed by atoms with Crippen LogP contribution in [0.25, 0.3) is 0 Å². The van der Waals surface area contributed by atoms with E-state index in [0.29, 0.717) is 5.91 Å². The van der Waals surface area contributed by atoms with Crippen molar-refractivity contribution < 1.29 is 4.79 Å². The van der Waals surface area contributed by atoms with Gasteiger partial charge in [0.25, 0.3) is 0 Å². The summed E-state index contributed by atoms with van der Waals surface area (Å²) >= 11 is 0. The zero-order valence-corrected chi connectivity index (χ0v) is 12.9. The van der Waals surface area contributed by atoms with E-state index in [2.05, 4.69) is 28.2 Å². The molecule has 2 aliphatic rings. The van der Waals surface area contributed by atoms with Crippen molar-refractivity contribution in [1.29, 1.82) is 0 Å². The molecule has 1 fully saturated rings. The number of benzene rings is 1. The molecular weight excluding hydrogens is 274 g/mol. The Bertz CT molecular complexity index is 706. The van der Waals surface area contributed by atoms with Crippen molar-refractivity contribution in [3.8, 4) is 0 Å². The number of carbonyl (C=O) groups is 1. The molecule has 2 heterocycles. The lowest BCUT2D eigenvalue weighted by Gasteiger charge is -2.27. The van der Waals surface area contributed by atoms with Gasteiger partial charge in [-0.3, -0.25) is 9.48 Å². The van der Waals surface area contributed by atoms with E-state index in [4.69, 9.17) is 0 Å². The van der Waals surface area contributed by atoms with Crippen LogP contribution in [-0.4, -0.2) is 27.1 Å². The first-order valence-electron chi connectivity index (χ1n) is 8.11. The van der Waals surface area contributed by atoms with Crippen LogP contribution in [0.2, 0.25) is 0 Å². The van der Waals surface area contributed by atoms with E-state index < -0.39 is 0 Å². The van der Waals surface area contributed by atoms with Gasteiger partial charge in [-0.05, 0) is 36.8 Å². The van der Waals surface area contributed by atoms with Crippen molar-refractivity contribution in [3.63, 3.8) is 0 Å². The van der Waals surface area contributed by atoms with E-state index >= 15 is 0 Å². The average molecular weight is 295 g/mol. The van der Waals surface area contributed by atoms with Crippen LogP contribution in [0.1, 0.15) is 47.9 Å². The Balaban J connectivity index is 1.60. The molecule has 22 heavy (non-hydrogen) atoms. The third-order valence-corrected chi connectivity index (χ3v) is 5.08. The second-order valence-corrected chi connectivity index (χ2v) is 6.43. The molecule has 0 saturated carbocycles. The van der Waals surface area contributed by atoms with Gasteiger partial charge in [-0.15, -0.1) is 0 Å². The number of fused-ring (bicyclic) bond motifs is 1. The summed E-state index contributed by atoms with van der Waals surface area (Å²) in [7, 11) is 1.93. The van der Waals surface area contributed by atoms with E-state index in [9.17, 15) is 4.79 Å². The predicted molar refractivity (Wildman–Crippen MR) is 84.4 cm³/mol. The summed E-state index contributed by atoms with van der Waals surface area (Å²) in [6.45, 7) is 0.872. The average Bonchev–Trinajstić information content (AvgIpc) is 3.25. The van der Waals surface area contributed by atoms with Gasteiger partial charge in [0.15, 0.2) is 0 Å². The maximum Gasteiger partial charge on any atom is 0.230 e. The van der Waals surface area contributed by atoms with Crippen LogP contribution in [0.15, 0.2) is 36.7 Å². The van der Waals surface area contributed by atoms with Gasteiger partial charge < -0.3 is 4.90 Å². The van der Waals surface area contributed by atoms with Crippen molar-refractivity contribution in [2.24, 2.45) is 7.05 Å². The van der Waals surface area contributed by atoms with Crippen LogP contribution in [0.3, 0.4) is 0 Å². The van der Waals surface area contributed by atoms with Crippen LogP contribution >= 0.6 is 0 Å². The van der Waals surface area contributed by atoms with Crippen molar-refractivity contribution in [2.45, 2.75) is 37.6 Å². The molecule has 1 aliphatic carbocycles. The minimum Gasteiger partial charge on any atom is -0.335 e. The lowest BCUT2D eigenvalue weighted by Crippen LogP contribution is -2.34. The number of hydrogen-bond acceptors (Lipinski definition) is 2. The Labute approximate surface area is 130 Å². The third kappa shape index (κ3) is 2.14. The molecule has 2 aromatic rings. The van der Waals surface area contributed by atoms with Gasteiger partial charge in [-0.25, -0.2) is 0 Å². The molecule has 0 bridgehead atoms. The van der Waals surface area contributed by atoms with Crippen LogP contribution in [0, 0.1) is 0 Å². The monoisotopic (exact) mass is 295 g/mol. The third-order valence-electron chi connectivity index (χ3n) is 5.08. The maximum absolute atomic E-state index is 13.1. The highest BCUT2D eigenvalue weighted by molar-refractivity contribution is 5.85. The number of amides is 1. The number of likely N-dealkylation sites (tertiary alicyclic amines) is 1. The Morgan fingerprint density at radius 3 is 2.95 bits per heavy atom. The summed E-state index contributed by atoms with van der Waals surface area (Å²) in [5, 5.41) is 4.27. The minimum absolute atomic E-state index is 0.0495. The molecule has 1 aromatic heterocycles. The first-order valence-corrected chi connectivity index (χ1v) is 8.11. The van der Waals surface area contributed by atoms with E-state index in [1.54, 1.807) is 0 Å². The number of aryl methyl sites for hydroxylation is 2. The molecule has 114 valence electrons. The quantitative estimate of drug-likeness (QED) is 0.854. The highest BCUT2D eigenvalue weighted by Gasteiger charge is 2.37. The van der Waals surface area contributed by atoms with Gasteiger partial charge in [0.1, 0.15) is 0 Å². The van der Waals surface area contributed by atoms with Crippen molar-refractivity contribution in [3.05, 3.63) is 53.3 Å². The smallest absolute Gasteiger partial charge is 0.230 e. The first-order chi connectivity index (χ1) is 10.7. The Morgan fingerprint density at radius 2 is 2.14 bits per heavy atom. The van der Waals surface area contributed by atoms with Crippen LogP contribution in [0.4, 0.5) is 0 Å². The standard InChI is InChI=1S/C18H21N3O/c1-20-12-14(11-19-20)17-7-4-10-21(17)18(22)16-9-8-13-5-2-3-6-15(13)16/h2-3,5-6,11-12,16-17H,4,7-10H2,1H3/t16-,17+/m1/s1. The van der Waals surface area contributed by atoms with Crippen LogP contribution in [-0.2, 0) is 18.3 Å². The fraction of sp³-hybridized carbons (Fsp3) is 0.444. The Hall–Kier alpha value is -2.10. The fourth-order valence-electron chi connectivity index (χ4n) is 4.00. The highest BCUT2D eigenvalue weighted by Crippen LogP contribution is 2.39. The number of aromatic nitrogens is 2. The van der Waals surface area contributed by atoms with Crippen molar-refractivity contribution in [1.82, 2.24) is 14.7 Å². The molecule has 0 radical (unpaired) electrons. The van der Waals surface area contributed by atoms with Gasteiger partial charge in [-0.2, -0.15) is 5.10 Å². The zero-order valence-electron chi connectivity index (χ0n) is 12.9. The molecule has 4 rings (SSSR count). The van der Waals surface area contributed by atoms with Gasteiger partial charge in [-0.1, -0.05) is 24.3 Å².